The van der Waals surface area contributed by atoms with Gasteiger partial charge in [0.15, 0.2) is 6.61 Å². The van der Waals surface area contributed by atoms with Crippen molar-refractivity contribution in [1.82, 2.24) is 14.6 Å². The largest absolute Gasteiger partial charge is 0.484 e. The summed E-state index contributed by atoms with van der Waals surface area (Å²) in [6.45, 7) is 3.59. The van der Waals surface area contributed by atoms with Crippen LogP contribution >= 0.6 is 11.3 Å². The van der Waals surface area contributed by atoms with Crippen LogP contribution in [0.25, 0.3) is 4.96 Å². The topological polar surface area (TPSA) is 112 Å². The monoisotopic (exact) mass is 492 g/mol. The molecule has 1 N–H and O–H groups in total. The maximum Gasteiger partial charge on any atom is 0.340 e. The van der Waals surface area contributed by atoms with E-state index in [0.717, 1.165) is 23.4 Å². The maximum absolute atomic E-state index is 12.7. The van der Waals surface area contributed by atoms with E-state index in [9.17, 15) is 14.4 Å². The van der Waals surface area contributed by atoms with Crippen molar-refractivity contribution in [2.24, 2.45) is 0 Å². The van der Waals surface area contributed by atoms with Gasteiger partial charge in [0.2, 0.25) is 4.96 Å². The molecule has 0 atom stereocenters. The SMILES string of the molecule is CCCc1nn2c(=O)cc(COC(=O)c3ccccc3NC(=O)COc3ccc(C)cc3)nc2s1. The van der Waals surface area contributed by atoms with Gasteiger partial charge in [-0.3, -0.25) is 9.59 Å². The Morgan fingerprint density at radius 1 is 1.11 bits per heavy atom. The van der Waals surface area contributed by atoms with E-state index in [4.69, 9.17) is 9.47 Å². The summed E-state index contributed by atoms with van der Waals surface area (Å²) < 4.78 is 12.1. The minimum atomic E-state index is -0.654. The van der Waals surface area contributed by atoms with Gasteiger partial charge >= 0.3 is 5.97 Å². The number of para-hydroxylation sites is 1. The first-order valence-corrected chi connectivity index (χ1v) is 11.9. The Bertz CT molecular complexity index is 1410. The molecule has 0 aliphatic heterocycles. The number of carbonyl (C=O) groups is 2. The van der Waals surface area contributed by atoms with Crippen LogP contribution in [0.4, 0.5) is 5.69 Å². The number of esters is 1. The predicted molar refractivity (Wildman–Crippen MR) is 132 cm³/mol. The summed E-state index contributed by atoms with van der Waals surface area (Å²) in [6.07, 6.45) is 1.67. The van der Waals surface area contributed by atoms with Gasteiger partial charge in [-0.15, -0.1) is 0 Å². The van der Waals surface area contributed by atoms with Gasteiger partial charge in [-0.2, -0.15) is 9.61 Å². The van der Waals surface area contributed by atoms with Gasteiger partial charge in [0.1, 0.15) is 17.4 Å². The van der Waals surface area contributed by atoms with Crippen molar-refractivity contribution in [3.8, 4) is 5.75 Å². The number of benzene rings is 2. The fourth-order valence-corrected chi connectivity index (χ4v) is 4.26. The normalized spacial score (nSPS) is 10.8. The zero-order valence-corrected chi connectivity index (χ0v) is 20.1. The second kappa shape index (κ2) is 10.9. The molecule has 1 amide bonds. The number of fused-ring (bicyclic) bond motifs is 1. The zero-order chi connectivity index (χ0) is 24.8. The third-order valence-corrected chi connectivity index (χ3v) is 5.94. The van der Waals surface area contributed by atoms with Crippen LogP contribution in [-0.4, -0.2) is 33.1 Å². The molecule has 180 valence electrons. The van der Waals surface area contributed by atoms with Gasteiger partial charge < -0.3 is 14.8 Å². The smallest absolute Gasteiger partial charge is 0.340 e. The van der Waals surface area contributed by atoms with E-state index >= 15 is 0 Å². The molecule has 4 rings (SSSR count). The first-order chi connectivity index (χ1) is 16.9. The van der Waals surface area contributed by atoms with Gasteiger partial charge in [0.05, 0.1) is 16.9 Å². The van der Waals surface area contributed by atoms with Crippen LogP contribution in [0.5, 0.6) is 5.75 Å². The molecule has 2 heterocycles. The summed E-state index contributed by atoms with van der Waals surface area (Å²) in [5.74, 6) is -0.501. The molecule has 0 radical (unpaired) electrons. The fraction of sp³-hybridized carbons (Fsp3) is 0.240. The molecule has 0 aliphatic rings. The number of amides is 1. The van der Waals surface area contributed by atoms with Crippen LogP contribution < -0.4 is 15.6 Å². The van der Waals surface area contributed by atoms with E-state index in [1.807, 2.05) is 26.0 Å². The lowest BCUT2D eigenvalue weighted by molar-refractivity contribution is -0.118. The van der Waals surface area contributed by atoms with Crippen molar-refractivity contribution in [3.05, 3.63) is 86.8 Å². The zero-order valence-electron chi connectivity index (χ0n) is 19.3. The van der Waals surface area contributed by atoms with Crippen molar-refractivity contribution in [2.75, 3.05) is 11.9 Å². The van der Waals surface area contributed by atoms with Gasteiger partial charge in [0, 0.05) is 12.5 Å². The third-order valence-electron chi connectivity index (χ3n) is 4.97. The van der Waals surface area contributed by atoms with Crippen molar-refractivity contribution in [3.63, 3.8) is 0 Å². The van der Waals surface area contributed by atoms with Gasteiger partial charge in [0.25, 0.3) is 11.5 Å². The molecule has 0 fully saturated rings. The van der Waals surface area contributed by atoms with E-state index in [0.29, 0.717) is 22.1 Å². The lowest BCUT2D eigenvalue weighted by Crippen LogP contribution is -2.22. The van der Waals surface area contributed by atoms with Gasteiger partial charge in [-0.25, -0.2) is 9.78 Å². The molecule has 2 aromatic heterocycles. The highest BCUT2D eigenvalue weighted by atomic mass is 32.1. The summed E-state index contributed by atoms with van der Waals surface area (Å²) in [4.78, 5) is 42.3. The number of nitrogens with one attached hydrogen (secondary N) is 1. The average molecular weight is 493 g/mol. The average Bonchev–Trinajstić information content (AvgIpc) is 3.26. The van der Waals surface area contributed by atoms with E-state index in [2.05, 4.69) is 15.4 Å². The Hall–Kier alpha value is -4.05. The molecule has 0 saturated heterocycles. The Balaban J connectivity index is 1.39. The number of hydrogen-bond donors (Lipinski definition) is 1. The quantitative estimate of drug-likeness (QED) is 0.354. The van der Waals surface area contributed by atoms with Crippen molar-refractivity contribution >= 4 is 33.9 Å². The molecule has 0 aliphatic carbocycles. The molecule has 35 heavy (non-hydrogen) atoms. The second-order valence-corrected chi connectivity index (χ2v) is 8.84. The number of nitrogens with zero attached hydrogens (tertiary/aromatic N) is 3. The van der Waals surface area contributed by atoms with E-state index in [1.165, 1.54) is 21.9 Å². The molecule has 2 aromatic carbocycles. The molecule has 0 saturated carbocycles. The molecular weight excluding hydrogens is 468 g/mol. The second-order valence-electron chi connectivity index (χ2n) is 7.80. The summed E-state index contributed by atoms with van der Waals surface area (Å²) in [5.41, 5.74) is 1.55. The van der Waals surface area contributed by atoms with Crippen molar-refractivity contribution in [1.29, 1.82) is 0 Å². The third kappa shape index (κ3) is 6.10. The number of carbonyl (C=O) groups excluding carboxylic acids is 2. The molecular formula is C25H24N4O5S. The lowest BCUT2D eigenvalue weighted by Gasteiger charge is -2.11. The highest BCUT2D eigenvalue weighted by Crippen LogP contribution is 2.18. The maximum atomic E-state index is 12.7. The van der Waals surface area contributed by atoms with Crippen LogP contribution in [0.15, 0.2) is 59.4 Å². The molecule has 4 aromatic rings. The molecule has 0 unspecified atom stereocenters. The van der Waals surface area contributed by atoms with Gasteiger partial charge in [-0.1, -0.05) is 48.1 Å². The molecule has 10 heteroatoms. The molecule has 0 bridgehead atoms. The molecule has 0 spiro atoms. The number of aromatic nitrogens is 3. The standard InChI is InChI=1S/C25H24N4O5S/c1-3-6-22-28-29-23(31)13-17(26-25(29)35-22)14-34-24(32)19-7-4-5-8-20(19)27-21(30)15-33-18-11-9-16(2)10-12-18/h4-5,7-13H,3,6,14-15H2,1-2H3,(H,27,30). The summed E-state index contributed by atoms with van der Waals surface area (Å²) in [7, 11) is 0. The summed E-state index contributed by atoms with van der Waals surface area (Å²) in [6, 6.07) is 15.1. The molecule has 9 nitrogen and oxygen atoms in total. The highest BCUT2D eigenvalue weighted by molar-refractivity contribution is 7.16. The lowest BCUT2D eigenvalue weighted by atomic mass is 10.2. The van der Waals surface area contributed by atoms with Crippen LogP contribution in [0.3, 0.4) is 0 Å². The van der Waals surface area contributed by atoms with Crippen LogP contribution in [0.1, 0.15) is 40.0 Å². The Labute approximate surface area is 205 Å². The predicted octanol–water partition coefficient (Wildman–Crippen LogP) is 3.79. The Morgan fingerprint density at radius 3 is 2.66 bits per heavy atom. The number of ether oxygens (including phenoxy) is 2. The number of aryl methyl sites for hydroxylation is 2. The first kappa shape index (κ1) is 24.1. The van der Waals surface area contributed by atoms with E-state index in [-0.39, 0.29) is 24.3 Å². The number of anilines is 1. The summed E-state index contributed by atoms with van der Waals surface area (Å²) >= 11 is 1.33. The highest BCUT2D eigenvalue weighted by Gasteiger charge is 2.16. The van der Waals surface area contributed by atoms with Crippen molar-refractivity contribution in [2.45, 2.75) is 33.3 Å². The summed E-state index contributed by atoms with van der Waals surface area (Å²) in [5, 5.41) is 7.77. The van der Waals surface area contributed by atoms with Crippen molar-refractivity contribution < 1.29 is 19.1 Å². The number of hydrogen-bond acceptors (Lipinski definition) is 8. The van der Waals surface area contributed by atoms with E-state index < -0.39 is 11.9 Å². The van der Waals surface area contributed by atoms with Crippen LogP contribution in [0, 0.1) is 6.92 Å². The van der Waals surface area contributed by atoms with Crippen LogP contribution in [0.2, 0.25) is 0 Å². The fourth-order valence-electron chi connectivity index (χ4n) is 3.24. The Kier molecular flexibility index (Phi) is 7.51. The minimum absolute atomic E-state index is 0.178. The Morgan fingerprint density at radius 2 is 1.89 bits per heavy atom. The minimum Gasteiger partial charge on any atom is -0.484 e. The van der Waals surface area contributed by atoms with Crippen LogP contribution in [-0.2, 0) is 22.6 Å². The van der Waals surface area contributed by atoms with Gasteiger partial charge in [-0.05, 0) is 37.6 Å². The number of rotatable bonds is 9. The van der Waals surface area contributed by atoms with E-state index in [1.54, 1.807) is 36.4 Å². The first-order valence-electron chi connectivity index (χ1n) is 11.1.